The van der Waals surface area contributed by atoms with Crippen molar-refractivity contribution in [3.05, 3.63) is 0 Å². The van der Waals surface area contributed by atoms with E-state index in [9.17, 15) is 19.5 Å². The highest BCUT2D eigenvalue weighted by Gasteiger charge is 2.79. The van der Waals surface area contributed by atoms with E-state index in [1.807, 2.05) is 34.6 Å². The molecular weight excluding hydrogens is 362 g/mol. The molecular formula is C20H33N3O5. The summed E-state index contributed by atoms with van der Waals surface area (Å²) in [6.45, 7) is 9.74. The van der Waals surface area contributed by atoms with Gasteiger partial charge in [0, 0.05) is 25.7 Å². The van der Waals surface area contributed by atoms with Crippen LogP contribution >= 0.6 is 0 Å². The maximum absolute atomic E-state index is 13.4. The van der Waals surface area contributed by atoms with Gasteiger partial charge in [-0.1, -0.05) is 6.92 Å². The molecule has 3 saturated heterocycles. The highest BCUT2D eigenvalue weighted by molar-refractivity contribution is 5.99. The summed E-state index contributed by atoms with van der Waals surface area (Å²) in [6.07, 6.45) is 0.913. The van der Waals surface area contributed by atoms with Crippen molar-refractivity contribution in [3.8, 4) is 0 Å². The first-order valence-corrected chi connectivity index (χ1v) is 10.1. The van der Waals surface area contributed by atoms with Crippen molar-refractivity contribution in [1.82, 2.24) is 15.5 Å². The average Bonchev–Trinajstić information content (AvgIpc) is 3.08. The van der Waals surface area contributed by atoms with Gasteiger partial charge in [0.2, 0.25) is 17.7 Å². The number of nitrogens with one attached hydrogen (secondary N) is 2. The van der Waals surface area contributed by atoms with Crippen LogP contribution in [0, 0.1) is 17.8 Å². The van der Waals surface area contributed by atoms with Crippen LogP contribution in [0.3, 0.4) is 0 Å². The van der Waals surface area contributed by atoms with Crippen LogP contribution in [0.5, 0.6) is 0 Å². The number of rotatable bonds is 5. The van der Waals surface area contributed by atoms with Gasteiger partial charge in [0.25, 0.3) is 0 Å². The fourth-order valence-corrected chi connectivity index (χ4v) is 5.51. The third kappa shape index (κ3) is 2.84. The maximum Gasteiger partial charge on any atom is 0.246 e. The summed E-state index contributed by atoms with van der Waals surface area (Å²) in [5, 5.41) is 14.9. The van der Waals surface area contributed by atoms with Crippen LogP contribution in [-0.4, -0.2) is 70.7 Å². The Hall–Kier alpha value is -1.67. The third-order valence-corrected chi connectivity index (χ3v) is 6.65. The Bertz CT molecular complexity index is 690. The number of likely N-dealkylation sites (tertiary alicyclic amines) is 1. The van der Waals surface area contributed by atoms with Crippen LogP contribution in [0.1, 0.15) is 47.5 Å². The number of carbonyl (C=O) groups excluding carboxylic acids is 3. The second kappa shape index (κ2) is 6.69. The summed E-state index contributed by atoms with van der Waals surface area (Å²) in [5.41, 5.74) is -2.28. The number of carbonyl (C=O) groups is 3. The highest BCUT2D eigenvalue weighted by atomic mass is 16.5. The summed E-state index contributed by atoms with van der Waals surface area (Å²) in [5.74, 6) is -2.03. The Labute approximate surface area is 166 Å². The number of fused-ring (bicyclic) bond motifs is 1. The molecule has 28 heavy (non-hydrogen) atoms. The summed E-state index contributed by atoms with van der Waals surface area (Å²) in [4.78, 5) is 41.0. The van der Waals surface area contributed by atoms with Gasteiger partial charge in [-0.3, -0.25) is 14.4 Å². The number of amides is 3. The number of nitrogens with zero attached hydrogens (tertiary/aromatic N) is 1. The molecule has 3 rings (SSSR count). The van der Waals surface area contributed by atoms with Gasteiger partial charge in [-0.25, -0.2) is 0 Å². The molecule has 0 aliphatic carbocycles. The molecule has 3 aliphatic heterocycles. The topological polar surface area (TPSA) is 108 Å². The zero-order chi connectivity index (χ0) is 21.1. The van der Waals surface area contributed by atoms with Crippen LogP contribution in [0.2, 0.25) is 0 Å². The van der Waals surface area contributed by atoms with Crippen molar-refractivity contribution in [2.75, 3.05) is 20.2 Å². The molecule has 0 radical (unpaired) electrons. The normalized spacial score (nSPS) is 39.2. The Morgan fingerprint density at radius 2 is 1.96 bits per heavy atom. The molecule has 2 bridgehead atoms. The van der Waals surface area contributed by atoms with Crippen LogP contribution in [-0.2, 0) is 19.1 Å². The largest absolute Gasteiger partial charge is 0.396 e. The number of hydrogen-bond donors (Lipinski definition) is 3. The molecule has 3 aliphatic rings. The zero-order valence-electron chi connectivity index (χ0n) is 17.7. The van der Waals surface area contributed by atoms with E-state index < -0.39 is 34.6 Å². The lowest BCUT2D eigenvalue weighted by Gasteiger charge is -2.36. The molecule has 6 atom stereocenters. The fourth-order valence-electron chi connectivity index (χ4n) is 5.51. The second-order valence-electron chi connectivity index (χ2n) is 9.67. The number of ether oxygens (including phenoxy) is 1. The quantitative estimate of drug-likeness (QED) is 0.609. The second-order valence-corrected chi connectivity index (χ2v) is 9.67. The van der Waals surface area contributed by atoms with E-state index in [0.717, 1.165) is 0 Å². The van der Waals surface area contributed by atoms with E-state index in [4.69, 9.17) is 4.74 Å². The van der Waals surface area contributed by atoms with E-state index in [0.29, 0.717) is 12.8 Å². The highest BCUT2D eigenvalue weighted by Crippen LogP contribution is 2.65. The fraction of sp³-hybridized carbons (Fsp3) is 0.850. The van der Waals surface area contributed by atoms with Crippen molar-refractivity contribution in [2.45, 2.75) is 70.2 Å². The van der Waals surface area contributed by atoms with Crippen molar-refractivity contribution >= 4 is 17.7 Å². The van der Waals surface area contributed by atoms with Gasteiger partial charge < -0.3 is 25.4 Å². The van der Waals surface area contributed by atoms with Crippen LogP contribution in [0.15, 0.2) is 0 Å². The van der Waals surface area contributed by atoms with Crippen LogP contribution in [0.4, 0.5) is 0 Å². The lowest BCUT2D eigenvalue weighted by atomic mass is 9.62. The van der Waals surface area contributed by atoms with Crippen molar-refractivity contribution < 1.29 is 24.2 Å². The van der Waals surface area contributed by atoms with Gasteiger partial charge in [-0.2, -0.15) is 0 Å². The predicted octanol–water partition coefficient (Wildman–Crippen LogP) is 0.0402. The average molecular weight is 396 g/mol. The van der Waals surface area contributed by atoms with Crippen LogP contribution < -0.4 is 10.6 Å². The molecule has 0 saturated carbocycles. The van der Waals surface area contributed by atoms with Gasteiger partial charge in [0.05, 0.1) is 17.4 Å². The molecule has 3 unspecified atom stereocenters. The molecule has 1 spiro atoms. The molecule has 3 heterocycles. The minimum absolute atomic E-state index is 0.0292. The van der Waals surface area contributed by atoms with Crippen molar-refractivity contribution in [2.24, 2.45) is 17.8 Å². The standard InChI is InChI=1S/C20H33N3O5/c1-11-10-20-13(12(15(25)21-6)19(11,5)28-20)17(27)23(8-7-9-24)14(20)16(26)22-18(2,3)4/h11-14,24H,7-10H2,1-6H3,(H,21,25)(H,22,26)/t11?,12-,13+,14?,19+,20?/m1/s1. The van der Waals surface area contributed by atoms with Crippen molar-refractivity contribution in [1.29, 1.82) is 0 Å². The van der Waals surface area contributed by atoms with E-state index >= 15 is 0 Å². The zero-order valence-corrected chi connectivity index (χ0v) is 17.7. The molecule has 8 heteroatoms. The van der Waals surface area contributed by atoms with E-state index in [1.165, 1.54) is 4.90 Å². The molecule has 3 N–H and O–H groups in total. The smallest absolute Gasteiger partial charge is 0.246 e. The first-order valence-electron chi connectivity index (χ1n) is 10.1. The Balaban J connectivity index is 2.08. The van der Waals surface area contributed by atoms with Gasteiger partial charge in [0.15, 0.2) is 0 Å². The molecule has 0 aromatic heterocycles. The number of hydrogen-bond acceptors (Lipinski definition) is 5. The molecule has 0 aromatic rings. The van der Waals surface area contributed by atoms with Crippen molar-refractivity contribution in [3.63, 3.8) is 0 Å². The first kappa shape index (κ1) is 21.0. The molecule has 158 valence electrons. The van der Waals surface area contributed by atoms with Gasteiger partial charge in [-0.05, 0) is 46.5 Å². The summed E-state index contributed by atoms with van der Waals surface area (Å²) in [6, 6.07) is -0.810. The Kier molecular flexibility index (Phi) is 5.03. The Morgan fingerprint density at radius 3 is 2.50 bits per heavy atom. The number of aliphatic hydroxyl groups excluding tert-OH is 1. The minimum atomic E-state index is -1.02. The van der Waals surface area contributed by atoms with E-state index in [-0.39, 0.29) is 36.8 Å². The lowest BCUT2D eigenvalue weighted by molar-refractivity contribution is -0.148. The third-order valence-electron chi connectivity index (χ3n) is 6.65. The summed E-state index contributed by atoms with van der Waals surface area (Å²) in [7, 11) is 1.56. The van der Waals surface area contributed by atoms with Gasteiger partial charge in [0.1, 0.15) is 11.6 Å². The predicted molar refractivity (Wildman–Crippen MR) is 102 cm³/mol. The maximum atomic E-state index is 13.4. The molecule has 3 amide bonds. The van der Waals surface area contributed by atoms with Crippen LogP contribution in [0.25, 0.3) is 0 Å². The lowest BCUT2D eigenvalue weighted by Crippen LogP contribution is -2.58. The SMILES string of the molecule is CNC(=O)[C@H]1[C@H]2C(=O)N(CCCO)C(C(=O)NC(C)(C)C)C23CC(C)[C@]1(C)O3. The van der Waals surface area contributed by atoms with Gasteiger partial charge in [-0.15, -0.1) is 0 Å². The summed E-state index contributed by atoms with van der Waals surface area (Å²) < 4.78 is 6.50. The molecule has 3 fully saturated rings. The van der Waals surface area contributed by atoms with Gasteiger partial charge >= 0.3 is 0 Å². The van der Waals surface area contributed by atoms with E-state index in [1.54, 1.807) is 7.05 Å². The first-order chi connectivity index (χ1) is 12.9. The molecule has 0 aromatic carbocycles. The Morgan fingerprint density at radius 1 is 1.32 bits per heavy atom. The van der Waals surface area contributed by atoms with E-state index in [2.05, 4.69) is 10.6 Å². The monoisotopic (exact) mass is 395 g/mol. The summed E-state index contributed by atoms with van der Waals surface area (Å²) >= 11 is 0. The number of aliphatic hydroxyl groups is 1. The molecule has 8 nitrogen and oxygen atoms in total. The minimum Gasteiger partial charge on any atom is -0.396 e.